The van der Waals surface area contributed by atoms with Crippen LogP contribution in [-0.4, -0.2) is 42.8 Å². The topological polar surface area (TPSA) is 102 Å². The highest BCUT2D eigenvalue weighted by molar-refractivity contribution is 6.30. The third-order valence-corrected chi connectivity index (χ3v) is 7.47. The number of furan rings is 1. The Kier molecular flexibility index (Phi) is 7.28. The summed E-state index contributed by atoms with van der Waals surface area (Å²) in [4.78, 5) is 19.0. The maximum absolute atomic E-state index is 13.8. The zero-order valence-corrected chi connectivity index (χ0v) is 22.3. The van der Waals surface area contributed by atoms with Crippen LogP contribution in [0.2, 0.25) is 5.02 Å². The number of hydrogen-bond acceptors (Lipinski definition) is 7. The fraction of sp³-hybridized carbons (Fsp3) is 0.310. The van der Waals surface area contributed by atoms with E-state index in [1.165, 1.54) is 0 Å². The molecular formula is C29H29ClN6O3. The first-order valence-corrected chi connectivity index (χ1v) is 13.4. The van der Waals surface area contributed by atoms with Crippen LogP contribution in [0.5, 0.6) is 0 Å². The fourth-order valence-electron chi connectivity index (χ4n) is 5.29. The Balaban J connectivity index is 1.50. The number of halogens is 1. The number of pyridine rings is 1. The zero-order valence-electron chi connectivity index (χ0n) is 21.6. The normalized spacial score (nSPS) is 16.3. The van der Waals surface area contributed by atoms with E-state index in [4.69, 9.17) is 20.8 Å². The molecule has 5 aromatic rings. The molecule has 0 aliphatic carbocycles. The summed E-state index contributed by atoms with van der Waals surface area (Å²) in [7, 11) is 0. The summed E-state index contributed by atoms with van der Waals surface area (Å²) < 4.78 is 13.4. The van der Waals surface area contributed by atoms with Gasteiger partial charge in [0.2, 0.25) is 0 Å². The van der Waals surface area contributed by atoms with Crippen molar-refractivity contribution in [3.05, 3.63) is 111 Å². The predicted molar refractivity (Wildman–Crippen MR) is 147 cm³/mol. The molecule has 1 aliphatic rings. The van der Waals surface area contributed by atoms with Gasteiger partial charge in [0, 0.05) is 23.7 Å². The molecule has 2 aromatic carbocycles. The molecule has 0 bridgehead atoms. The number of nitrogens with one attached hydrogen (secondary N) is 1. The number of aryl methyl sites for hydroxylation is 1. The van der Waals surface area contributed by atoms with Crippen LogP contribution in [0.15, 0.2) is 76.1 Å². The van der Waals surface area contributed by atoms with Gasteiger partial charge in [-0.3, -0.25) is 9.69 Å². The van der Waals surface area contributed by atoms with Gasteiger partial charge in [-0.2, -0.15) is 0 Å². The van der Waals surface area contributed by atoms with E-state index in [1.807, 2.05) is 67.6 Å². The molecule has 3 aromatic heterocycles. The molecule has 0 saturated carbocycles. The van der Waals surface area contributed by atoms with Gasteiger partial charge in [0.1, 0.15) is 11.8 Å². The lowest BCUT2D eigenvalue weighted by Gasteiger charge is -2.30. The molecule has 1 saturated heterocycles. The number of aromatic nitrogens is 5. The molecule has 1 aliphatic heterocycles. The molecule has 1 N–H and O–H groups in total. The Hall–Kier alpha value is -3.79. The largest absolute Gasteiger partial charge is 0.468 e. The van der Waals surface area contributed by atoms with E-state index in [9.17, 15) is 4.79 Å². The molecule has 6 rings (SSSR count). The number of para-hydroxylation sites is 1. The summed E-state index contributed by atoms with van der Waals surface area (Å²) >= 11 is 6.18. The van der Waals surface area contributed by atoms with Crippen LogP contribution in [0.1, 0.15) is 47.2 Å². The Labute approximate surface area is 230 Å². The number of aromatic amines is 1. The van der Waals surface area contributed by atoms with E-state index in [-0.39, 0.29) is 11.7 Å². The molecular weight excluding hydrogens is 516 g/mol. The SMILES string of the molecule is Cc1cccc2cc([C@@H](c3nnnn3C[C@H]3CCCO3)N(Cc3ccc(Cl)cc3)Cc3ccco3)c(=O)[nH]c12. The summed E-state index contributed by atoms with van der Waals surface area (Å²) in [6.07, 6.45) is 3.63. The van der Waals surface area contributed by atoms with Crippen molar-refractivity contribution >= 4 is 22.5 Å². The second kappa shape index (κ2) is 11.1. The summed E-state index contributed by atoms with van der Waals surface area (Å²) in [6, 6.07) is 18.8. The number of H-pyrrole nitrogens is 1. The smallest absolute Gasteiger partial charge is 0.253 e. The highest BCUT2D eigenvalue weighted by atomic mass is 35.5. The lowest BCUT2D eigenvalue weighted by molar-refractivity contribution is 0.0901. The van der Waals surface area contributed by atoms with Crippen LogP contribution in [0.25, 0.3) is 10.9 Å². The van der Waals surface area contributed by atoms with E-state index in [2.05, 4.69) is 25.4 Å². The van der Waals surface area contributed by atoms with E-state index < -0.39 is 6.04 Å². The lowest BCUT2D eigenvalue weighted by atomic mass is 10.0. The van der Waals surface area contributed by atoms with E-state index in [1.54, 1.807) is 10.9 Å². The van der Waals surface area contributed by atoms with Crippen molar-refractivity contribution in [3.8, 4) is 0 Å². The van der Waals surface area contributed by atoms with Gasteiger partial charge in [0.15, 0.2) is 5.82 Å². The number of hydrogen-bond donors (Lipinski definition) is 1. The van der Waals surface area contributed by atoms with Crippen LogP contribution >= 0.6 is 11.6 Å². The van der Waals surface area contributed by atoms with Crippen LogP contribution < -0.4 is 5.56 Å². The molecule has 2 atom stereocenters. The van der Waals surface area contributed by atoms with Crippen LogP contribution in [0.3, 0.4) is 0 Å². The van der Waals surface area contributed by atoms with Gasteiger partial charge in [-0.25, -0.2) is 4.68 Å². The molecule has 0 amide bonds. The van der Waals surface area contributed by atoms with Gasteiger partial charge in [0.05, 0.1) is 31.0 Å². The first kappa shape index (κ1) is 25.5. The molecule has 1 fully saturated rings. The minimum atomic E-state index is -0.573. The number of nitrogens with zero attached hydrogens (tertiary/aromatic N) is 5. The minimum Gasteiger partial charge on any atom is -0.468 e. The quantitative estimate of drug-likeness (QED) is 0.277. The van der Waals surface area contributed by atoms with Gasteiger partial charge < -0.3 is 14.1 Å². The molecule has 10 heteroatoms. The van der Waals surface area contributed by atoms with Gasteiger partial charge >= 0.3 is 0 Å². The van der Waals surface area contributed by atoms with Gasteiger partial charge in [-0.1, -0.05) is 41.9 Å². The average molecular weight is 545 g/mol. The number of ether oxygens (including phenoxy) is 1. The minimum absolute atomic E-state index is 0.0280. The van der Waals surface area contributed by atoms with Gasteiger partial charge in [-0.15, -0.1) is 5.10 Å². The van der Waals surface area contributed by atoms with Crippen LogP contribution in [-0.2, 0) is 24.4 Å². The molecule has 4 heterocycles. The fourth-order valence-corrected chi connectivity index (χ4v) is 5.41. The number of benzene rings is 2. The van der Waals surface area contributed by atoms with E-state index in [0.29, 0.717) is 36.0 Å². The Morgan fingerprint density at radius 2 is 2.03 bits per heavy atom. The highest BCUT2D eigenvalue weighted by Crippen LogP contribution is 2.31. The third kappa shape index (κ3) is 5.52. The molecule has 39 heavy (non-hydrogen) atoms. The predicted octanol–water partition coefficient (Wildman–Crippen LogP) is 5.04. The monoisotopic (exact) mass is 544 g/mol. The van der Waals surface area contributed by atoms with Crippen molar-refractivity contribution < 1.29 is 9.15 Å². The molecule has 0 unspecified atom stereocenters. The van der Waals surface area contributed by atoms with Gasteiger partial charge in [-0.05, 0) is 77.0 Å². The average Bonchev–Trinajstić information content (AvgIpc) is 3.72. The summed E-state index contributed by atoms with van der Waals surface area (Å²) in [5, 5.41) is 14.5. The van der Waals surface area contributed by atoms with Crippen LogP contribution in [0, 0.1) is 6.92 Å². The third-order valence-electron chi connectivity index (χ3n) is 7.22. The molecule has 0 spiro atoms. The highest BCUT2D eigenvalue weighted by Gasteiger charge is 2.32. The number of fused-ring (bicyclic) bond motifs is 1. The first-order chi connectivity index (χ1) is 19.0. The first-order valence-electron chi connectivity index (χ1n) is 13.1. The van der Waals surface area contributed by atoms with Crippen molar-refractivity contribution in [2.24, 2.45) is 0 Å². The summed E-state index contributed by atoms with van der Waals surface area (Å²) in [5.41, 5.74) is 3.22. The van der Waals surface area contributed by atoms with Gasteiger partial charge in [0.25, 0.3) is 5.56 Å². The van der Waals surface area contributed by atoms with E-state index in [0.717, 1.165) is 47.2 Å². The maximum atomic E-state index is 13.8. The Bertz CT molecular complexity index is 1610. The second-order valence-electron chi connectivity index (χ2n) is 9.96. The lowest BCUT2D eigenvalue weighted by Crippen LogP contribution is -2.35. The van der Waals surface area contributed by atoms with Crippen molar-refractivity contribution in [1.29, 1.82) is 0 Å². The van der Waals surface area contributed by atoms with Crippen molar-refractivity contribution in [1.82, 2.24) is 30.1 Å². The number of rotatable bonds is 9. The van der Waals surface area contributed by atoms with Crippen molar-refractivity contribution in [3.63, 3.8) is 0 Å². The maximum Gasteiger partial charge on any atom is 0.253 e. The molecule has 0 radical (unpaired) electrons. The number of tetrazole rings is 1. The standard InChI is InChI=1S/C29H29ClN6O3/c1-19-5-2-6-21-15-25(29(37)31-26(19)21)27(28-32-33-34-36(28)18-24-8-4-14-39-24)35(17-23-7-3-13-38-23)16-20-9-11-22(30)12-10-20/h2-3,5-7,9-13,15,24,27H,4,8,14,16-18H2,1H3,(H,31,37)/t24-,27+/m1/s1. The van der Waals surface area contributed by atoms with Crippen molar-refractivity contribution in [2.75, 3.05) is 6.61 Å². The zero-order chi connectivity index (χ0) is 26.8. The van der Waals surface area contributed by atoms with E-state index >= 15 is 0 Å². The molecule has 200 valence electrons. The summed E-state index contributed by atoms with van der Waals surface area (Å²) in [6.45, 7) is 4.16. The second-order valence-corrected chi connectivity index (χ2v) is 10.4. The Morgan fingerprint density at radius 3 is 2.79 bits per heavy atom. The van der Waals surface area contributed by atoms with Crippen molar-refractivity contribution in [2.45, 2.75) is 51.5 Å². The summed E-state index contributed by atoms with van der Waals surface area (Å²) in [5.74, 6) is 1.34. The van der Waals surface area contributed by atoms with Crippen LogP contribution in [0.4, 0.5) is 0 Å². The Morgan fingerprint density at radius 1 is 1.15 bits per heavy atom. The molecule has 9 nitrogen and oxygen atoms in total.